The van der Waals surface area contributed by atoms with Crippen molar-refractivity contribution in [2.75, 3.05) is 0 Å². The molecule has 0 fully saturated rings. The van der Waals surface area contributed by atoms with E-state index in [1.165, 1.54) is 5.56 Å². The van der Waals surface area contributed by atoms with Crippen molar-refractivity contribution in [3.05, 3.63) is 84.1 Å². The SMILES string of the molecule is CC[n+]1cc(-c2cc(C(N)=O)cc(-c3ccc(C(C)(C)C)cc3)c2)nc2ccccc21. The molecule has 0 unspecified atom stereocenters. The van der Waals surface area contributed by atoms with Crippen molar-refractivity contribution >= 4 is 16.9 Å². The minimum Gasteiger partial charge on any atom is -0.366 e. The molecule has 4 aromatic rings. The number of para-hydroxylation sites is 2. The van der Waals surface area contributed by atoms with Crippen molar-refractivity contribution in [2.24, 2.45) is 5.73 Å². The molecule has 156 valence electrons. The molecule has 0 saturated carbocycles. The van der Waals surface area contributed by atoms with Gasteiger partial charge in [0.1, 0.15) is 17.8 Å². The third-order valence-corrected chi connectivity index (χ3v) is 5.65. The van der Waals surface area contributed by atoms with Gasteiger partial charge < -0.3 is 5.73 Å². The first-order valence-electron chi connectivity index (χ1n) is 10.6. The van der Waals surface area contributed by atoms with Crippen LogP contribution < -0.4 is 10.3 Å². The van der Waals surface area contributed by atoms with Crippen molar-refractivity contribution in [3.8, 4) is 22.4 Å². The quantitative estimate of drug-likeness (QED) is 0.466. The summed E-state index contributed by atoms with van der Waals surface area (Å²) in [7, 11) is 0. The Morgan fingerprint density at radius 3 is 2.26 bits per heavy atom. The molecule has 1 aromatic heterocycles. The Morgan fingerprint density at radius 1 is 0.935 bits per heavy atom. The van der Waals surface area contributed by atoms with Crippen molar-refractivity contribution in [2.45, 2.75) is 39.7 Å². The van der Waals surface area contributed by atoms with Gasteiger partial charge in [-0.25, -0.2) is 4.98 Å². The third kappa shape index (κ3) is 4.19. The number of benzene rings is 3. The van der Waals surface area contributed by atoms with E-state index < -0.39 is 5.91 Å². The lowest BCUT2D eigenvalue weighted by Crippen LogP contribution is -2.33. The van der Waals surface area contributed by atoms with Crippen LogP contribution in [-0.2, 0) is 12.0 Å². The van der Waals surface area contributed by atoms with Gasteiger partial charge in [0.05, 0.1) is 0 Å². The second-order valence-corrected chi connectivity index (χ2v) is 8.89. The van der Waals surface area contributed by atoms with E-state index in [1.54, 1.807) is 0 Å². The Labute approximate surface area is 183 Å². The van der Waals surface area contributed by atoms with E-state index >= 15 is 0 Å². The van der Waals surface area contributed by atoms with E-state index in [0.717, 1.165) is 40.0 Å². The minimum atomic E-state index is -0.446. The predicted molar refractivity (Wildman–Crippen MR) is 126 cm³/mol. The summed E-state index contributed by atoms with van der Waals surface area (Å²) in [5, 5.41) is 0. The average molecular weight is 411 g/mol. The maximum Gasteiger partial charge on any atom is 0.248 e. The zero-order valence-electron chi connectivity index (χ0n) is 18.5. The van der Waals surface area contributed by atoms with Crippen LogP contribution in [0, 0.1) is 0 Å². The molecule has 0 radical (unpaired) electrons. The van der Waals surface area contributed by atoms with E-state index in [1.807, 2.05) is 36.5 Å². The summed E-state index contributed by atoms with van der Waals surface area (Å²) >= 11 is 0. The summed E-state index contributed by atoms with van der Waals surface area (Å²) in [6.07, 6.45) is 2.04. The van der Waals surface area contributed by atoms with Crippen molar-refractivity contribution in [1.82, 2.24) is 4.98 Å². The molecule has 0 bridgehead atoms. The van der Waals surface area contributed by atoms with E-state index in [4.69, 9.17) is 10.7 Å². The highest BCUT2D eigenvalue weighted by atomic mass is 16.1. The van der Waals surface area contributed by atoms with Gasteiger partial charge in [-0.2, -0.15) is 4.57 Å². The zero-order valence-corrected chi connectivity index (χ0v) is 18.5. The summed E-state index contributed by atoms with van der Waals surface area (Å²) in [4.78, 5) is 16.9. The second kappa shape index (κ2) is 7.95. The molecule has 1 heterocycles. The van der Waals surface area contributed by atoms with Crippen LogP contribution in [0.25, 0.3) is 33.4 Å². The van der Waals surface area contributed by atoms with Gasteiger partial charge in [-0.15, -0.1) is 0 Å². The Morgan fingerprint density at radius 2 is 1.61 bits per heavy atom. The Balaban J connectivity index is 1.87. The van der Waals surface area contributed by atoms with Crippen LogP contribution in [0.1, 0.15) is 43.6 Å². The molecule has 2 N–H and O–H groups in total. The maximum atomic E-state index is 12.1. The number of nitrogens with two attached hydrogens (primary N) is 1. The van der Waals surface area contributed by atoms with E-state index in [2.05, 4.69) is 68.7 Å². The largest absolute Gasteiger partial charge is 0.366 e. The lowest BCUT2D eigenvalue weighted by atomic mass is 9.86. The minimum absolute atomic E-state index is 0.0849. The smallest absolute Gasteiger partial charge is 0.248 e. The fourth-order valence-electron chi connectivity index (χ4n) is 3.83. The Bertz CT molecular complexity index is 1270. The number of hydrogen-bond donors (Lipinski definition) is 1. The van der Waals surface area contributed by atoms with Gasteiger partial charge >= 0.3 is 0 Å². The highest BCUT2D eigenvalue weighted by Gasteiger charge is 2.17. The van der Waals surface area contributed by atoms with Gasteiger partial charge in [0.15, 0.2) is 6.20 Å². The summed E-state index contributed by atoms with van der Waals surface area (Å²) in [5.74, 6) is -0.446. The van der Waals surface area contributed by atoms with Gasteiger partial charge in [0.2, 0.25) is 11.4 Å². The predicted octanol–water partition coefficient (Wildman–Crippen LogP) is 5.27. The third-order valence-electron chi connectivity index (χ3n) is 5.65. The van der Waals surface area contributed by atoms with Gasteiger partial charge in [0.25, 0.3) is 0 Å². The first kappa shape index (κ1) is 20.7. The molecule has 0 spiro atoms. The van der Waals surface area contributed by atoms with Crippen LogP contribution in [0.2, 0.25) is 0 Å². The zero-order chi connectivity index (χ0) is 22.2. The number of fused-ring (bicyclic) bond motifs is 1. The van der Waals surface area contributed by atoms with Gasteiger partial charge in [-0.1, -0.05) is 57.2 Å². The number of carbonyl (C=O) groups is 1. The first-order valence-corrected chi connectivity index (χ1v) is 10.6. The van der Waals surface area contributed by atoms with Crippen molar-refractivity contribution in [3.63, 3.8) is 0 Å². The van der Waals surface area contributed by atoms with Gasteiger partial charge in [0, 0.05) is 17.2 Å². The molecule has 31 heavy (non-hydrogen) atoms. The Hall–Kier alpha value is -3.53. The van der Waals surface area contributed by atoms with Crippen molar-refractivity contribution < 1.29 is 9.36 Å². The highest BCUT2D eigenvalue weighted by Crippen LogP contribution is 2.30. The van der Waals surface area contributed by atoms with Crippen LogP contribution >= 0.6 is 0 Å². The fraction of sp³-hybridized carbons (Fsp3) is 0.222. The standard InChI is InChI=1S/C27H27N3O/c1-5-30-17-24(29-23-8-6-7-9-25(23)30)20-14-19(15-21(16-20)26(28)31)18-10-12-22(13-11-18)27(2,3)4/h6-17H,5H2,1-4H3,(H-,28,31)/p+1. The highest BCUT2D eigenvalue weighted by molar-refractivity contribution is 5.96. The summed E-state index contributed by atoms with van der Waals surface area (Å²) in [6, 6.07) is 22.3. The van der Waals surface area contributed by atoms with E-state index in [0.29, 0.717) is 5.56 Å². The lowest BCUT2D eigenvalue weighted by molar-refractivity contribution is -0.667. The molecular weight excluding hydrogens is 382 g/mol. The van der Waals surface area contributed by atoms with Crippen LogP contribution in [-0.4, -0.2) is 10.9 Å². The number of primary amides is 1. The molecule has 1 amide bonds. The van der Waals surface area contributed by atoms with E-state index in [-0.39, 0.29) is 5.41 Å². The monoisotopic (exact) mass is 410 g/mol. The van der Waals surface area contributed by atoms with Crippen LogP contribution in [0.3, 0.4) is 0 Å². The molecule has 4 rings (SSSR count). The second-order valence-electron chi connectivity index (χ2n) is 8.89. The molecular formula is C27H28N3O+. The van der Waals surface area contributed by atoms with Gasteiger partial charge in [-0.3, -0.25) is 4.79 Å². The number of rotatable bonds is 4. The first-order chi connectivity index (χ1) is 14.8. The summed E-state index contributed by atoms with van der Waals surface area (Å²) in [5.41, 5.74) is 13.2. The fourth-order valence-corrected chi connectivity index (χ4v) is 3.83. The summed E-state index contributed by atoms with van der Waals surface area (Å²) < 4.78 is 2.17. The number of aromatic nitrogens is 2. The molecule has 0 aliphatic carbocycles. The lowest BCUT2D eigenvalue weighted by Gasteiger charge is -2.19. The normalized spacial score (nSPS) is 11.6. The van der Waals surface area contributed by atoms with Crippen LogP contribution in [0.15, 0.2) is 72.9 Å². The molecule has 0 saturated heterocycles. The van der Waals surface area contributed by atoms with E-state index in [9.17, 15) is 4.79 Å². The average Bonchev–Trinajstić information content (AvgIpc) is 2.77. The molecule has 0 atom stereocenters. The van der Waals surface area contributed by atoms with Gasteiger partial charge in [-0.05, 0) is 53.3 Å². The molecule has 4 nitrogen and oxygen atoms in total. The molecule has 0 aliphatic rings. The van der Waals surface area contributed by atoms with Crippen molar-refractivity contribution in [1.29, 1.82) is 0 Å². The maximum absolute atomic E-state index is 12.1. The molecule has 0 aliphatic heterocycles. The molecule has 3 aromatic carbocycles. The number of aryl methyl sites for hydroxylation is 1. The van der Waals surface area contributed by atoms with Crippen LogP contribution in [0.4, 0.5) is 0 Å². The summed E-state index contributed by atoms with van der Waals surface area (Å²) in [6.45, 7) is 9.53. The van der Waals surface area contributed by atoms with Crippen LogP contribution in [0.5, 0.6) is 0 Å². The number of carbonyl (C=O) groups excluding carboxylic acids is 1. The number of hydrogen-bond acceptors (Lipinski definition) is 2. The number of nitrogens with zero attached hydrogens (tertiary/aromatic N) is 2. The Kier molecular flexibility index (Phi) is 5.32. The topological polar surface area (TPSA) is 59.9 Å². The number of amides is 1. The molecule has 4 heteroatoms.